The minimum absolute atomic E-state index is 0.00941. The number of pyridine rings is 1. The lowest BCUT2D eigenvalue weighted by Gasteiger charge is -2.26. The van der Waals surface area contributed by atoms with E-state index < -0.39 is 4.92 Å². The maximum absolute atomic E-state index is 11.6. The fourth-order valence-corrected chi connectivity index (χ4v) is 4.62. The van der Waals surface area contributed by atoms with Crippen molar-refractivity contribution in [3.05, 3.63) is 112 Å². The number of nitro benzene ring substituents is 1. The molecular formula is C26H22N4O4S. The predicted octanol–water partition coefficient (Wildman–Crippen LogP) is 5.43. The maximum atomic E-state index is 11.6. The molecule has 1 aliphatic rings. The van der Waals surface area contributed by atoms with E-state index in [1.54, 1.807) is 37.6 Å². The molecule has 2 aromatic heterocycles. The predicted molar refractivity (Wildman–Crippen MR) is 135 cm³/mol. The fourth-order valence-electron chi connectivity index (χ4n) is 4.31. The standard InChI is InChI=1S/C26H22N4O4S/c1-33-18-11-9-17(10-12-18)16-29-25(24(28-26(29)35)20-7-4-5-15-27-20)23-14-13-22(34-23)19-6-2-3-8-21(19)30(31)32/h2-15,24-25H,16H2,1H3,(H,28,35)/t24-,25-/m1/s1. The summed E-state index contributed by atoms with van der Waals surface area (Å²) in [5.74, 6) is 1.84. The van der Waals surface area contributed by atoms with E-state index in [1.165, 1.54) is 6.07 Å². The Morgan fingerprint density at radius 2 is 1.86 bits per heavy atom. The van der Waals surface area contributed by atoms with E-state index in [9.17, 15) is 10.1 Å². The summed E-state index contributed by atoms with van der Waals surface area (Å²) in [7, 11) is 1.63. The first-order valence-electron chi connectivity index (χ1n) is 11.0. The molecule has 0 unspecified atom stereocenters. The van der Waals surface area contributed by atoms with Crippen LogP contribution in [0.2, 0.25) is 0 Å². The van der Waals surface area contributed by atoms with Gasteiger partial charge in [-0.05, 0) is 60.2 Å². The number of aromatic nitrogens is 1. The molecule has 0 bridgehead atoms. The second-order valence-electron chi connectivity index (χ2n) is 8.08. The van der Waals surface area contributed by atoms with Crippen LogP contribution in [0.15, 0.2) is 89.5 Å². The molecule has 0 radical (unpaired) electrons. The number of nitrogens with zero attached hydrogens (tertiary/aromatic N) is 3. The van der Waals surface area contributed by atoms with Crippen molar-refractivity contribution >= 4 is 23.0 Å². The van der Waals surface area contributed by atoms with Crippen LogP contribution in [0.3, 0.4) is 0 Å². The first-order valence-corrected chi connectivity index (χ1v) is 11.4. The minimum Gasteiger partial charge on any atom is -0.497 e. The van der Waals surface area contributed by atoms with Gasteiger partial charge in [0.1, 0.15) is 23.3 Å². The van der Waals surface area contributed by atoms with Crippen molar-refractivity contribution in [2.24, 2.45) is 0 Å². The summed E-state index contributed by atoms with van der Waals surface area (Å²) in [5, 5.41) is 15.5. The summed E-state index contributed by atoms with van der Waals surface area (Å²) in [6.07, 6.45) is 1.74. The summed E-state index contributed by atoms with van der Waals surface area (Å²) in [4.78, 5) is 17.7. The monoisotopic (exact) mass is 486 g/mol. The van der Waals surface area contributed by atoms with Crippen LogP contribution in [0.1, 0.15) is 29.1 Å². The number of nitro groups is 1. The number of methoxy groups -OCH3 is 1. The highest BCUT2D eigenvalue weighted by Gasteiger charge is 2.41. The van der Waals surface area contributed by atoms with E-state index in [-0.39, 0.29) is 17.8 Å². The van der Waals surface area contributed by atoms with Gasteiger partial charge in [0.25, 0.3) is 5.69 Å². The largest absolute Gasteiger partial charge is 0.497 e. The van der Waals surface area contributed by atoms with Crippen molar-refractivity contribution < 1.29 is 14.1 Å². The molecule has 1 saturated heterocycles. The van der Waals surface area contributed by atoms with Gasteiger partial charge in [-0.1, -0.05) is 30.3 Å². The number of para-hydroxylation sites is 1. The molecule has 2 atom stereocenters. The molecule has 35 heavy (non-hydrogen) atoms. The number of hydrogen-bond donors (Lipinski definition) is 1. The molecule has 1 fully saturated rings. The molecule has 4 aromatic rings. The van der Waals surface area contributed by atoms with Crippen LogP contribution in [0, 0.1) is 10.1 Å². The summed E-state index contributed by atoms with van der Waals surface area (Å²) < 4.78 is 11.5. The highest BCUT2D eigenvalue weighted by molar-refractivity contribution is 7.80. The topological polar surface area (TPSA) is 93.7 Å². The van der Waals surface area contributed by atoms with E-state index in [0.717, 1.165) is 17.0 Å². The van der Waals surface area contributed by atoms with Gasteiger partial charge in [-0.2, -0.15) is 0 Å². The van der Waals surface area contributed by atoms with E-state index in [1.807, 2.05) is 48.5 Å². The lowest BCUT2D eigenvalue weighted by atomic mass is 10.0. The van der Waals surface area contributed by atoms with Crippen LogP contribution >= 0.6 is 12.2 Å². The molecule has 3 heterocycles. The third-order valence-corrected chi connectivity index (χ3v) is 6.35. The molecule has 2 aromatic carbocycles. The fraction of sp³-hybridized carbons (Fsp3) is 0.154. The van der Waals surface area contributed by atoms with Gasteiger partial charge < -0.3 is 19.4 Å². The quantitative estimate of drug-likeness (QED) is 0.210. The van der Waals surface area contributed by atoms with Crippen molar-refractivity contribution in [3.8, 4) is 17.1 Å². The van der Waals surface area contributed by atoms with Crippen molar-refractivity contribution in [3.63, 3.8) is 0 Å². The molecule has 1 N–H and O–H groups in total. The van der Waals surface area contributed by atoms with Crippen LogP contribution < -0.4 is 10.1 Å². The van der Waals surface area contributed by atoms with Crippen molar-refractivity contribution in [2.75, 3.05) is 7.11 Å². The number of benzene rings is 2. The maximum Gasteiger partial charge on any atom is 0.280 e. The van der Waals surface area contributed by atoms with Gasteiger partial charge in [0, 0.05) is 18.8 Å². The van der Waals surface area contributed by atoms with Gasteiger partial charge in [-0.25, -0.2) is 0 Å². The molecule has 0 saturated carbocycles. The number of furan rings is 1. The normalized spacial score (nSPS) is 17.3. The molecular weight excluding hydrogens is 464 g/mol. The molecule has 1 aliphatic heterocycles. The van der Waals surface area contributed by atoms with Crippen LogP contribution in [-0.2, 0) is 6.54 Å². The zero-order valence-corrected chi connectivity index (χ0v) is 19.6. The number of hydrogen-bond acceptors (Lipinski definition) is 6. The second-order valence-corrected chi connectivity index (χ2v) is 8.47. The second kappa shape index (κ2) is 9.55. The van der Waals surface area contributed by atoms with Gasteiger partial charge in [-0.15, -0.1) is 0 Å². The van der Waals surface area contributed by atoms with Gasteiger partial charge >= 0.3 is 0 Å². The Morgan fingerprint density at radius 3 is 2.57 bits per heavy atom. The number of ether oxygens (including phenoxy) is 1. The van der Waals surface area contributed by atoms with Gasteiger partial charge in [0.15, 0.2) is 5.11 Å². The van der Waals surface area contributed by atoms with Crippen molar-refractivity contribution in [2.45, 2.75) is 18.6 Å². The minimum atomic E-state index is -0.406. The van der Waals surface area contributed by atoms with Crippen molar-refractivity contribution in [1.82, 2.24) is 15.2 Å². The molecule has 0 spiro atoms. The zero-order valence-electron chi connectivity index (χ0n) is 18.8. The molecule has 0 aliphatic carbocycles. The van der Waals surface area contributed by atoms with Crippen LogP contribution in [0.25, 0.3) is 11.3 Å². The van der Waals surface area contributed by atoms with Crippen LogP contribution in [-0.4, -0.2) is 27.0 Å². The molecule has 176 valence electrons. The number of nitrogens with one attached hydrogen (secondary N) is 1. The molecule has 8 nitrogen and oxygen atoms in total. The summed E-state index contributed by atoms with van der Waals surface area (Å²) in [5.41, 5.74) is 2.28. The highest BCUT2D eigenvalue weighted by atomic mass is 32.1. The average molecular weight is 487 g/mol. The average Bonchev–Trinajstić information content (AvgIpc) is 3.50. The SMILES string of the molecule is COc1ccc(CN2C(=S)N[C@H](c3ccccn3)[C@H]2c2ccc(-c3ccccc3[N+](=O)[O-])o2)cc1. The first-order chi connectivity index (χ1) is 17.0. The third-order valence-electron chi connectivity index (χ3n) is 5.99. The van der Waals surface area contributed by atoms with E-state index >= 15 is 0 Å². The van der Waals surface area contributed by atoms with Gasteiger partial charge in [-0.3, -0.25) is 15.1 Å². The van der Waals surface area contributed by atoms with E-state index in [0.29, 0.717) is 28.7 Å². The smallest absolute Gasteiger partial charge is 0.280 e. The Balaban J connectivity index is 1.54. The van der Waals surface area contributed by atoms with Crippen LogP contribution in [0.4, 0.5) is 5.69 Å². The molecule has 5 rings (SSSR count). The molecule has 9 heteroatoms. The Kier molecular flexibility index (Phi) is 6.15. The third kappa shape index (κ3) is 4.45. The van der Waals surface area contributed by atoms with Gasteiger partial charge in [0.05, 0.1) is 29.3 Å². The first kappa shape index (κ1) is 22.5. The lowest BCUT2D eigenvalue weighted by Crippen LogP contribution is -2.29. The van der Waals surface area contributed by atoms with E-state index in [4.69, 9.17) is 21.4 Å². The molecule has 0 amide bonds. The summed E-state index contributed by atoms with van der Waals surface area (Å²) in [6, 6.07) is 23.1. The Hall–Kier alpha value is -4.24. The van der Waals surface area contributed by atoms with E-state index in [2.05, 4.69) is 15.2 Å². The lowest BCUT2D eigenvalue weighted by molar-refractivity contribution is -0.384. The van der Waals surface area contributed by atoms with Gasteiger partial charge in [0.2, 0.25) is 0 Å². The Morgan fingerprint density at radius 1 is 1.09 bits per heavy atom. The summed E-state index contributed by atoms with van der Waals surface area (Å²) >= 11 is 5.73. The number of thiocarbonyl (C=S) groups is 1. The Bertz CT molecular complexity index is 1360. The van der Waals surface area contributed by atoms with Crippen molar-refractivity contribution in [1.29, 1.82) is 0 Å². The Labute approximate surface area is 207 Å². The zero-order chi connectivity index (χ0) is 24.4. The number of rotatable bonds is 7. The highest BCUT2D eigenvalue weighted by Crippen LogP contribution is 2.42. The van der Waals surface area contributed by atoms with Crippen LogP contribution in [0.5, 0.6) is 5.75 Å². The summed E-state index contributed by atoms with van der Waals surface area (Å²) in [6.45, 7) is 0.533.